The van der Waals surface area contributed by atoms with E-state index in [2.05, 4.69) is 21.1 Å². The van der Waals surface area contributed by atoms with Crippen LogP contribution in [0.4, 0.5) is 10.6 Å². The number of hydrogen-bond acceptors (Lipinski definition) is 4. The maximum Gasteiger partial charge on any atom is 0.320 e. The molecule has 18 heavy (non-hydrogen) atoms. The highest BCUT2D eigenvalue weighted by Gasteiger charge is 2.16. The average molecular weight is 252 g/mol. The molecule has 1 aromatic rings. The number of hydrogen-bond donors (Lipinski definition) is 3. The number of carbonyl (C=O) groups is 1. The molecule has 1 aliphatic rings. The molecule has 0 spiro atoms. The van der Waals surface area contributed by atoms with Crippen LogP contribution in [0.3, 0.4) is 0 Å². The van der Waals surface area contributed by atoms with Gasteiger partial charge in [-0.15, -0.1) is 0 Å². The maximum absolute atomic E-state index is 11.7. The Morgan fingerprint density at radius 3 is 2.83 bits per heavy atom. The summed E-state index contributed by atoms with van der Waals surface area (Å²) in [6.07, 6.45) is 1.92. The van der Waals surface area contributed by atoms with Gasteiger partial charge in [-0.3, -0.25) is 5.32 Å². The lowest BCUT2D eigenvalue weighted by atomic mass is 10.1. The summed E-state index contributed by atoms with van der Waals surface area (Å²) in [4.78, 5) is 11.7. The predicted molar refractivity (Wildman–Crippen MR) is 68.6 cm³/mol. The first-order valence-electron chi connectivity index (χ1n) is 6.40. The van der Waals surface area contributed by atoms with Gasteiger partial charge in [-0.1, -0.05) is 19.0 Å². The SMILES string of the molecule is CC(C)c1cc(NC(=O)NC2CCNCC2)no1. The lowest BCUT2D eigenvalue weighted by Gasteiger charge is -2.23. The smallest absolute Gasteiger partial charge is 0.320 e. The fourth-order valence-corrected chi connectivity index (χ4v) is 1.92. The first-order valence-corrected chi connectivity index (χ1v) is 6.40. The molecule has 2 amide bonds. The Bertz CT molecular complexity index is 397. The summed E-state index contributed by atoms with van der Waals surface area (Å²) in [6.45, 7) is 5.93. The van der Waals surface area contributed by atoms with Crippen molar-refractivity contribution in [3.05, 3.63) is 11.8 Å². The highest BCUT2D eigenvalue weighted by molar-refractivity contribution is 5.88. The molecule has 2 heterocycles. The van der Waals surface area contributed by atoms with Crippen molar-refractivity contribution in [2.45, 2.75) is 38.6 Å². The van der Waals surface area contributed by atoms with Crippen LogP contribution < -0.4 is 16.0 Å². The Kier molecular flexibility index (Phi) is 4.19. The van der Waals surface area contributed by atoms with Crippen molar-refractivity contribution in [2.24, 2.45) is 0 Å². The summed E-state index contributed by atoms with van der Waals surface area (Å²) in [6, 6.07) is 1.78. The first kappa shape index (κ1) is 12.9. The van der Waals surface area contributed by atoms with E-state index in [-0.39, 0.29) is 18.0 Å². The Hall–Kier alpha value is -1.56. The number of nitrogens with one attached hydrogen (secondary N) is 3. The van der Waals surface area contributed by atoms with Crippen LogP contribution in [-0.2, 0) is 0 Å². The van der Waals surface area contributed by atoms with Crippen LogP contribution in [0.2, 0.25) is 0 Å². The molecule has 0 atom stereocenters. The monoisotopic (exact) mass is 252 g/mol. The minimum atomic E-state index is -0.217. The molecule has 0 aliphatic carbocycles. The summed E-state index contributed by atoms with van der Waals surface area (Å²) in [5.41, 5.74) is 0. The van der Waals surface area contributed by atoms with Crippen molar-refractivity contribution < 1.29 is 9.32 Å². The first-order chi connectivity index (χ1) is 8.65. The van der Waals surface area contributed by atoms with Gasteiger partial charge in [-0.05, 0) is 25.9 Å². The Morgan fingerprint density at radius 2 is 2.22 bits per heavy atom. The number of urea groups is 1. The second kappa shape index (κ2) is 5.86. The minimum absolute atomic E-state index is 0.217. The van der Waals surface area contributed by atoms with Crippen LogP contribution in [0.5, 0.6) is 0 Å². The lowest BCUT2D eigenvalue weighted by molar-refractivity contribution is 0.244. The second-order valence-corrected chi connectivity index (χ2v) is 4.89. The van der Waals surface area contributed by atoms with E-state index in [9.17, 15) is 4.79 Å². The van der Waals surface area contributed by atoms with Crippen molar-refractivity contribution in [1.29, 1.82) is 0 Å². The number of nitrogens with zero attached hydrogens (tertiary/aromatic N) is 1. The number of anilines is 1. The summed E-state index contributed by atoms with van der Waals surface area (Å²) in [5.74, 6) is 1.50. The Morgan fingerprint density at radius 1 is 1.50 bits per heavy atom. The molecule has 1 saturated heterocycles. The Labute approximate surface area is 106 Å². The minimum Gasteiger partial charge on any atom is -0.359 e. The fourth-order valence-electron chi connectivity index (χ4n) is 1.92. The standard InChI is InChI=1S/C12H20N4O2/c1-8(2)10-7-11(16-18-10)15-12(17)14-9-3-5-13-6-4-9/h7-9,13H,3-6H2,1-2H3,(H2,14,15,16,17). The molecule has 0 unspecified atom stereocenters. The average Bonchev–Trinajstić information content (AvgIpc) is 2.78. The van der Waals surface area contributed by atoms with Crippen molar-refractivity contribution in [2.75, 3.05) is 18.4 Å². The summed E-state index contributed by atoms with van der Waals surface area (Å²) in [5, 5.41) is 12.7. The number of carbonyl (C=O) groups excluding carboxylic acids is 1. The van der Waals surface area contributed by atoms with Crippen LogP contribution in [0.1, 0.15) is 38.4 Å². The molecule has 6 heteroatoms. The molecule has 6 nitrogen and oxygen atoms in total. The summed E-state index contributed by atoms with van der Waals surface area (Å²) < 4.78 is 5.11. The van der Waals surface area contributed by atoms with Gasteiger partial charge >= 0.3 is 6.03 Å². The van der Waals surface area contributed by atoms with E-state index in [1.54, 1.807) is 6.07 Å². The van der Waals surface area contributed by atoms with Crippen LogP contribution in [0.15, 0.2) is 10.6 Å². The van der Waals surface area contributed by atoms with Crippen molar-refractivity contribution >= 4 is 11.8 Å². The van der Waals surface area contributed by atoms with Crippen LogP contribution in [-0.4, -0.2) is 30.3 Å². The molecule has 0 saturated carbocycles. The van der Waals surface area contributed by atoms with E-state index in [0.717, 1.165) is 31.7 Å². The lowest BCUT2D eigenvalue weighted by Crippen LogP contribution is -2.44. The zero-order valence-electron chi connectivity index (χ0n) is 10.8. The van der Waals surface area contributed by atoms with Gasteiger partial charge in [0.25, 0.3) is 0 Å². The van der Waals surface area contributed by atoms with Gasteiger partial charge in [0.2, 0.25) is 0 Å². The van der Waals surface area contributed by atoms with E-state index in [4.69, 9.17) is 4.52 Å². The molecule has 0 bridgehead atoms. The van der Waals surface area contributed by atoms with Crippen molar-refractivity contribution in [1.82, 2.24) is 15.8 Å². The van der Waals surface area contributed by atoms with Gasteiger partial charge in [-0.25, -0.2) is 4.79 Å². The van der Waals surface area contributed by atoms with Gasteiger partial charge in [0.1, 0.15) is 5.76 Å². The van der Waals surface area contributed by atoms with E-state index >= 15 is 0 Å². The largest absolute Gasteiger partial charge is 0.359 e. The van der Waals surface area contributed by atoms with Crippen LogP contribution in [0.25, 0.3) is 0 Å². The van der Waals surface area contributed by atoms with Crippen LogP contribution in [0, 0.1) is 0 Å². The summed E-state index contributed by atoms with van der Waals surface area (Å²) >= 11 is 0. The highest BCUT2D eigenvalue weighted by Crippen LogP contribution is 2.17. The van der Waals surface area contributed by atoms with Gasteiger partial charge in [0, 0.05) is 18.0 Å². The maximum atomic E-state index is 11.7. The third kappa shape index (κ3) is 3.46. The Balaban J connectivity index is 1.82. The molecule has 3 N–H and O–H groups in total. The third-order valence-corrected chi connectivity index (χ3v) is 3.01. The van der Waals surface area contributed by atoms with Gasteiger partial charge < -0.3 is 15.2 Å². The molecular formula is C12H20N4O2. The number of amides is 2. The number of piperidine rings is 1. The highest BCUT2D eigenvalue weighted by atomic mass is 16.5. The fraction of sp³-hybridized carbons (Fsp3) is 0.667. The zero-order chi connectivity index (χ0) is 13.0. The van der Waals surface area contributed by atoms with Gasteiger partial charge in [0.15, 0.2) is 5.82 Å². The predicted octanol–water partition coefficient (Wildman–Crippen LogP) is 1.67. The van der Waals surface area contributed by atoms with Crippen LogP contribution >= 0.6 is 0 Å². The second-order valence-electron chi connectivity index (χ2n) is 4.89. The molecule has 0 aromatic carbocycles. The van der Waals surface area contributed by atoms with Gasteiger partial charge in [0.05, 0.1) is 0 Å². The van der Waals surface area contributed by atoms with Gasteiger partial charge in [-0.2, -0.15) is 0 Å². The number of rotatable bonds is 3. The molecule has 1 fully saturated rings. The molecule has 0 radical (unpaired) electrons. The zero-order valence-corrected chi connectivity index (χ0v) is 10.8. The third-order valence-electron chi connectivity index (χ3n) is 3.01. The number of aromatic nitrogens is 1. The van der Waals surface area contributed by atoms with E-state index < -0.39 is 0 Å². The van der Waals surface area contributed by atoms with Crippen molar-refractivity contribution in [3.8, 4) is 0 Å². The molecular weight excluding hydrogens is 232 g/mol. The van der Waals surface area contributed by atoms with E-state index in [0.29, 0.717) is 5.82 Å². The molecule has 100 valence electrons. The van der Waals surface area contributed by atoms with E-state index in [1.165, 1.54) is 0 Å². The molecule has 2 rings (SSSR count). The normalized spacial score (nSPS) is 16.8. The van der Waals surface area contributed by atoms with Crippen molar-refractivity contribution in [3.63, 3.8) is 0 Å². The summed E-state index contributed by atoms with van der Waals surface area (Å²) in [7, 11) is 0. The topological polar surface area (TPSA) is 79.2 Å². The molecule has 1 aliphatic heterocycles. The van der Waals surface area contributed by atoms with E-state index in [1.807, 2.05) is 13.8 Å². The quantitative estimate of drug-likeness (QED) is 0.764. The molecule has 1 aromatic heterocycles.